The first-order valence-electron chi connectivity index (χ1n) is 7.30. The molecule has 2 heterocycles. The van der Waals surface area contributed by atoms with E-state index < -0.39 is 0 Å². The van der Waals surface area contributed by atoms with Gasteiger partial charge in [0.05, 0.1) is 0 Å². The van der Waals surface area contributed by atoms with Gasteiger partial charge in [-0.1, -0.05) is 53.1 Å². The molecule has 1 atom stereocenters. The van der Waals surface area contributed by atoms with Crippen molar-refractivity contribution < 1.29 is 0 Å². The highest BCUT2D eigenvalue weighted by molar-refractivity contribution is 6.30. The Balaban J connectivity index is 1.83. The number of benzene rings is 2. The van der Waals surface area contributed by atoms with Crippen LogP contribution < -0.4 is 5.32 Å². The second-order valence-corrected chi connectivity index (χ2v) is 5.90. The van der Waals surface area contributed by atoms with Crippen molar-refractivity contribution in [1.82, 2.24) is 20.2 Å². The molecule has 0 saturated heterocycles. The first-order chi connectivity index (χ1) is 11.2. The number of aromatic nitrogens is 4. The molecule has 1 aromatic heterocycles. The predicted octanol–water partition coefficient (Wildman–Crippen LogP) is 3.69. The third-order valence-corrected chi connectivity index (χ3v) is 4.24. The number of allylic oxidation sites excluding steroid dienone is 1. The second-order valence-electron chi connectivity index (χ2n) is 5.46. The zero-order valence-corrected chi connectivity index (χ0v) is 13.2. The van der Waals surface area contributed by atoms with E-state index in [9.17, 15) is 0 Å². The van der Waals surface area contributed by atoms with Crippen molar-refractivity contribution in [3.05, 3.63) is 76.3 Å². The molecule has 0 saturated carbocycles. The second kappa shape index (κ2) is 5.52. The minimum Gasteiger partial charge on any atom is -0.323 e. The molecule has 2 aromatic carbocycles. The van der Waals surface area contributed by atoms with E-state index in [-0.39, 0.29) is 6.04 Å². The number of hydrogen-bond donors (Lipinski definition) is 1. The third kappa shape index (κ3) is 2.49. The molecule has 0 fully saturated rings. The zero-order valence-electron chi connectivity index (χ0n) is 12.4. The molecule has 3 aromatic rings. The van der Waals surface area contributed by atoms with Gasteiger partial charge in [0.1, 0.15) is 6.04 Å². The van der Waals surface area contributed by atoms with Gasteiger partial charge in [0.25, 0.3) is 0 Å². The number of anilines is 1. The van der Waals surface area contributed by atoms with Gasteiger partial charge in [-0.2, -0.15) is 4.68 Å². The van der Waals surface area contributed by atoms with Crippen LogP contribution in [0.25, 0.3) is 5.70 Å². The predicted molar refractivity (Wildman–Crippen MR) is 90.2 cm³/mol. The fourth-order valence-corrected chi connectivity index (χ4v) is 2.92. The highest BCUT2D eigenvalue weighted by Gasteiger charge is 2.25. The van der Waals surface area contributed by atoms with Crippen molar-refractivity contribution in [2.75, 3.05) is 5.32 Å². The van der Waals surface area contributed by atoms with E-state index in [0.717, 1.165) is 11.3 Å². The molecule has 5 nitrogen and oxygen atoms in total. The molecule has 0 unspecified atom stereocenters. The minimum atomic E-state index is -0.0480. The van der Waals surface area contributed by atoms with E-state index in [1.54, 1.807) is 4.68 Å². The number of nitrogens with zero attached hydrogens (tertiary/aromatic N) is 4. The number of tetrazole rings is 1. The number of hydrogen-bond acceptors (Lipinski definition) is 4. The Morgan fingerprint density at radius 3 is 2.65 bits per heavy atom. The molecule has 114 valence electrons. The fraction of sp³-hybridized carbons (Fsp3) is 0.118. The molecular weight excluding hydrogens is 310 g/mol. The summed E-state index contributed by atoms with van der Waals surface area (Å²) in [6.45, 7) is 2.09. The minimum absolute atomic E-state index is 0.0480. The maximum Gasteiger partial charge on any atom is 0.248 e. The topological polar surface area (TPSA) is 55.6 Å². The van der Waals surface area contributed by atoms with Crippen LogP contribution in [0.3, 0.4) is 0 Å². The Morgan fingerprint density at radius 2 is 1.87 bits per heavy atom. The van der Waals surface area contributed by atoms with Crippen LogP contribution in [0.5, 0.6) is 0 Å². The lowest BCUT2D eigenvalue weighted by Gasteiger charge is -2.24. The smallest absolute Gasteiger partial charge is 0.248 e. The number of fused-ring (bicyclic) bond motifs is 1. The van der Waals surface area contributed by atoms with Gasteiger partial charge < -0.3 is 5.32 Å². The quantitative estimate of drug-likeness (QED) is 0.781. The lowest BCUT2D eigenvalue weighted by Crippen LogP contribution is -2.20. The van der Waals surface area contributed by atoms with Gasteiger partial charge in [0.2, 0.25) is 5.95 Å². The average Bonchev–Trinajstić information content (AvgIpc) is 3.04. The Morgan fingerprint density at radius 1 is 1.09 bits per heavy atom. The molecule has 1 N–H and O–H groups in total. The number of aryl methyl sites for hydroxylation is 1. The Bertz CT molecular complexity index is 882. The van der Waals surface area contributed by atoms with Crippen LogP contribution in [0, 0.1) is 6.92 Å². The summed E-state index contributed by atoms with van der Waals surface area (Å²) in [5.41, 5.74) is 4.39. The van der Waals surface area contributed by atoms with Crippen LogP contribution in [0.2, 0.25) is 5.02 Å². The highest BCUT2D eigenvalue weighted by Crippen LogP contribution is 2.33. The van der Waals surface area contributed by atoms with Gasteiger partial charge in [-0.05, 0) is 52.2 Å². The Labute approximate surface area is 138 Å². The van der Waals surface area contributed by atoms with E-state index in [1.807, 2.05) is 36.4 Å². The lowest BCUT2D eigenvalue weighted by molar-refractivity contribution is 0.583. The average molecular weight is 324 g/mol. The van der Waals surface area contributed by atoms with Crippen molar-refractivity contribution in [1.29, 1.82) is 0 Å². The van der Waals surface area contributed by atoms with Crippen LogP contribution in [0.15, 0.2) is 54.6 Å². The molecule has 0 bridgehead atoms. The van der Waals surface area contributed by atoms with Crippen molar-refractivity contribution >= 4 is 23.2 Å². The van der Waals surface area contributed by atoms with Gasteiger partial charge in [-0.3, -0.25) is 0 Å². The van der Waals surface area contributed by atoms with Crippen LogP contribution in [-0.4, -0.2) is 20.2 Å². The number of halogens is 1. The van der Waals surface area contributed by atoms with E-state index in [2.05, 4.69) is 46.0 Å². The van der Waals surface area contributed by atoms with Crippen LogP contribution >= 0.6 is 11.6 Å². The maximum atomic E-state index is 5.98. The molecule has 0 aliphatic carbocycles. The van der Waals surface area contributed by atoms with E-state index in [1.165, 1.54) is 11.1 Å². The third-order valence-electron chi connectivity index (χ3n) is 3.99. The van der Waals surface area contributed by atoms with Gasteiger partial charge in [-0.15, -0.1) is 0 Å². The first kappa shape index (κ1) is 14.0. The monoisotopic (exact) mass is 323 g/mol. The molecule has 0 spiro atoms. The molecule has 0 radical (unpaired) electrons. The lowest BCUT2D eigenvalue weighted by atomic mass is 9.98. The summed E-state index contributed by atoms with van der Waals surface area (Å²) in [7, 11) is 0. The summed E-state index contributed by atoms with van der Waals surface area (Å²) in [5.74, 6) is 0.630. The van der Waals surface area contributed by atoms with Gasteiger partial charge >= 0.3 is 0 Å². The Hall–Kier alpha value is -2.66. The zero-order chi connectivity index (χ0) is 15.8. The van der Waals surface area contributed by atoms with E-state index in [4.69, 9.17) is 11.6 Å². The fourth-order valence-electron chi connectivity index (χ4n) is 2.79. The van der Waals surface area contributed by atoms with Crippen molar-refractivity contribution in [3.8, 4) is 0 Å². The van der Waals surface area contributed by atoms with Crippen LogP contribution in [-0.2, 0) is 0 Å². The normalized spacial score (nSPS) is 16.4. The molecule has 1 aliphatic rings. The maximum absolute atomic E-state index is 5.98. The van der Waals surface area contributed by atoms with Crippen molar-refractivity contribution in [2.45, 2.75) is 13.0 Å². The SMILES string of the molecule is Cc1ccccc1[C@H]1C=C(c2ccc(Cl)cc2)Nc2nnnn21. The standard InChI is InChI=1S/C17H14ClN5/c1-11-4-2-3-5-14(11)16-10-15(12-6-8-13(18)9-7-12)19-17-20-21-22-23(16)17/h2-10,16H,1H3,(H,19,20,22)/t16-/m1/s1. The van der Waals surface area contributed by atoms with Crippen molar-refractivity contribution in [3.63, 3.8) is 0 Å². The van der Waals surface area contributed by atoms with Gasteiger partial charge in [0, 0.05) is 10.7 Å². The summed E-state index contributed by atoms with van der Waals surface area (Å²) < 4.78 is 1.79. The molecule has 4 rings (SSSR count). The molecule has 0 amide bonds. The molecule has 6 heteroatoms. The molecular formula is C17H14ClN5. The van der Waals surface area contributed by atoms with Gasteiger partial charge in [0.15, 0.2) is 0 Å². The summed E-state index contributed by atoms with van der Waals surface area (Å²) in [6.07, 6.45) is 2.13. The molecule has 23 heavy (non-hydrogen) atoms. The number of rotatable bonds is 2. The molecule has 1 aliphatic heterocycles. The largest absolute Gasteiger partial charge is 0.323 e. The summed E-state index contributed by atoms with van der Waals surface area (Å²) in [5, 5.41) is 16.0. The van der Waals surface area contributed by atoms with Crippen molar-refractivity contribution in [2.24, 2.45) is 0 Å². The highest BCUT2D eigenvalue weighted by atomic mass is 35.5. The van der Waals surface area contributed by atoms with Crippen LogP contribution in [0.1, 0.15) is 22.7 Å². The van der Waals surface area contributed by atoms with Crippen LogP contribution in [0.4, 0.5) is 5.95 Å². The summed E-state index contributed by atoms with van der Waals surface area (Å²) in [4.78, 5) is 0. The van der Waals surface area contributed by atoms with E-state index >= 15 is 0 Å². The van der Waals surface area contributed by atoms with Gasteiger partial charge in [-0.25, -0.2) is 0 Å². The summed E-state index contributed by atoms with van der Waals surface area (Å²) in [6, 6.07) is 15.9. The Kier molecular flexibility index (Phi) is 3.35. The summed E-state index contributed by atoms with van der Waals surface area (Å²) >= 11 is 5.98. The van der Waals surface area contributed by atoms with E-state index in [0.29, 0.717) is 11.0 Å². The first-order valence-corrected chi connectivity index (χ1v) is 7.68. The number of nitrogens with one attached hydrogen (secondary N) is 1.